The molecular formula is C30H25Cl4NO9S2. The summed E-state index contributed by atoms with van der Waals surface area (Å²) in [5, 5.41) is 29.3. The van der Waals surface area contributed by atoms with Crippen molar-refractivity contribution >= 4 is 72.2 Å². The molecule has 4 aromatic carbocycles. The Kier molecular flexibility index (Phi) is 11.4. The molecule has 244 valence electrons. The predicted octanol–water partition coefficient (Wildman–Crippen LogP) is 6.58. The molecule has 0 saturated heterocycles. The van der Waals surface area contributed by atoms with Crippen LogP contribution in [0.2, 0.25) is 20.1 Å². The van der Waals surface area contributed by atoms with E-state index in [0.29, 0.717) is 16.7 Å². The zero-order chi connectivity index (χ0) is 33.8. The number of sulfone groups is 1. The van der Waals surface area contributed by atoms with Crippen LogP contribution in [0, 0.1) is 0 Å². The van der Waals surface area contributed by atoms with E-state index in [4.69, 9.17) is 56.2 Å². The summed E-state index contributed by atoms with van der Waals surface area (Å²) < 4.78 is 60.3. The number of carbonyl (C=O) groups is 1. The summed E-state index contributed by atoms with van der Waals surface area (Å²) >= 11 is 24.0. The minimum atomic E-state index is -4.48. The maximum Gasteiger partial charge on any atom is 0.341 e. The van der Waals surface area contributed by atoms with Crippen molar-refractivity contribution in [2.75, 3.05) is 12.4 Å². The van der Waals surface area contributed by atoms with E-state index in [-0.39, 0.29) is 45.4 Å². The molecule has 4 rings (SSSR count). The highest BCUT2D eigenvalue weighted by Gasteiger charge is 2.30. The number of sulfonamides is 1. The van der Waals surface area contributed by atoms with E-state index in [2.05, 4.69) is 0 Å². The molecule has 0 atom stereocenters. The molecule has 0 fully saturated rings. The lowest BCUT2D eigenvalue weighted by Gasteiger charge is -2.24. The molecule has 0 spiro atoms. The quantitative estimate of drug-likeness (QED) is 0.137. The number of carboxylic acids is 1. The summed E-state index contributed by atoms with van der Waals surface area (Å²) in [6.45, 7) is -1.09. The van der Waals surface area contributed by atoms with E-state index in [1.165, 1.54) is 24.3 Å². The predicted molar refractivity (Wildman–Crippen MR) is 174 cm³/mol. The van der Waals surface area contributed by atoms with Gasteiger partial charge in [-0.25, -0.2) is 21.6 Å². The van der Waals surface area contributed by atoms with Gasteiger partial charge >= 0.3 is 5.97 Å². The largest absolute Gasteiger partial charge is 0.505 e. The van der Waals surface area contributed by atoms with E-state index in [1.54, 1.807) is 36.4 Å². The van der Waals surface area contributed by atoms with Crippen molar-refractivity contribution in [1.82, 2.24) is 4.31 Å². The molecule has 0 radical (unpaired) electrons. The topological polar surface area (TPSA) is 159 Å². The number of phenolic OH excluding ortho intramolecular Hbond substituents is 2. The Hall–Kier alpha value is -3.23. The van der Waals surface area contributed by atoms with Crippen molar-refractivity contribution in [1.29, 1.82) is 0 Å². The fourth-order valence-corrected chi connectivity index (χ4v) is 8.63. The van der Waals surface area contributed by atoms with Crippen LogP contribution in [0.25, 0.3) is 0 Å². The van der Waals surface area contributed by atoms with Crippen LogP contribution in [0.3, 0.4) is 0 Å². The fraction of sp³-hybridized carbons (Fsp3) is 0.167. The number of halogens is 4. The van der Waals surface area contributed by atoms with Gasteiger partial charge in [0.15, 0.2) is 27.9 Å². The standard InChI is InChI=1S/C30H25Cl4NO9S2/c31-21-11-24(33)29(38)26(13-21)45(40,41)8-7-18-3-1-4-19(9-18)15-35(16-20-5-2-6-23(10-20)44-17-28(36)37)46(42,43)27-14-22(32)12-25(34)30(27)39/h1-6,9-14,38-39H,7-8,15-17H2,(H,36,37). The van der Waals surface area contributed by atoms with Crippen molar-refractivity contribution in [2.24, 2.45) is 0 Å². The van der Waals surface area contributed by atoms with Gasteiger partial charge in [0.25, 0.3) is 0 Å². The number of phenols is 2. The average Bonchev–Trinajstić information content (AvgIpc) is 2.98. The third kappa shape index (κ3) is 8.77. The number of aryl methyl sites for hydroxylation is 1. The summed E-state index contributed by atoms with van der Waals surface area (Å²) in [4.78, 5) is 10.00. The van der Waals surface area contributed by atoms with Gasteiger partial charge in [-0.3, -0.25) is 0 Å². The molecule has 0 heterocycles. The molecule has 3 N–H and O–H groups in total. The Labute approximate surface area is 285 Å². The summed E-state index contributed by atoms with van der Waals surface area (Å²) in [5.41, 5.74) is 1.45. The second-order valence-electron chi connectivity index (χ2n) is 9.96. The number of nitrogens with zero attached hydrogens (tertiary/aromatic N) is 1. The first kappa shape index (κ1) is 35.6. The van der Waals surface area contributed by atoms with Crippen molar-refractivity contribution in [2.45, 2.75) is 29.3 Å². The van der Waals surface area contributed by atoms with E-state index in [0.717, 1.165) is 16.4 Å². The fourth-order valence-electron chi connectivity index (χ4n) is 4.42. The molecule has 0 aromatic heterocycles. The number of aliphatic carboxylic acids is 1. The van der Waals surface area contributed by atoms with Gasteiger partial charge in [0, 0.05) is 23.1 Å². The smallest absolute Gasteiger partial charge is 0.341 e. The van der Waals surface area contributed by atoms with Crippen molar-refractivity contribution in [3.63, 3.8) is 0 Å². The molecule has 0 unspecified atom stereocenters. The summed E-state index contributed by atoms with van der Waals surface area (Å²) in [6, 6.07) is 17.3. The molecule has 4 aromatic rings. The molecule has 0 bridgehead atoms. The zero-order valence-corrected chi connectivity index (χ0v) is 28.2. The SMILES string of the molecule is O=C(O)COc1cccc(CN(Cc2cccc(CCS(=O)(=O)c3cc(Cl)cc(Cl)c3O)c2)S(=O)(=O)c2cc(Cl)cc(Cl)c2O)c1. The highest BCUT2D eigenvalue weighted by Crippen LogP contribution is 2.37. The van der Waals surface area contributed by atoms with Gasteiger partial charge in [0.1, 0.15) is 15.5 Å². The first-order valence-electron chi connectivity index (χ1n) is 13.2. The minimum absolute atomic E-state index is 0.000145. The molecule has 0 aliphatic heterocycles. The van der Waals surface area contributed by atoms with E-state index in [1.807, 2.05) is 0 Å². The van der Waals surface area contributed by atoms with E-state index >= 15 is 0 Å². The Bertz CT molecular complexity index is 2010. The van der Waals surface area contributed by atoms with Gasteiger partial charge < -0.3 is 20.1 Å². The van der Waals surface area contributed by atoms with Gasteiger partial charge in [-0.1, -0.05) is 82.8 Å². The minimum Gasteiger partial charge on any atom is -0.505 e. The highest BCUT2D eigenvalue weighted by molar-refractivity contribution is 7.91. The number of hydrogen-bond donors (Lipinski definition) is 3. The number of ether oxygens (including phenoxy) is 1. The number of hydrogen-bond acceptors (Lipinski definition) is 8. The number of aromatic hydroxyl groups is 2. The van der Waals surface area contributed by atoms with Crippen molar-refractivity contribution in [3.8, 4) is 17.2 Å². The van der Waals surface area contributed by atoms with Gasteiger partial charge in [0.05, 0.1) is 15.8 Å². The van der Waals surface area contributed by atoms with Gasteiger partial charge in [-0.05, 0) is 59.5 Å². The van der Waals surface area contributed by atoms with Crippen LogP contribution in [-0.4, -0.2) is 54.8 Å². The molecule has 0 aliphatic carbocycles. The second kappa shape index (κ2) is 14.7. The first-order chi connectivity index (χ1) is 21.6. The maximum absolute atomic E-state index is 14.0. The lowest BCUT2D eigenvalue weighted by molar-refractivity contribution is -0.139. The Balaban J connectivity index is 1.65. The maximum atomic E-state index is 14.0. The highest BCUT2D eigenvalue weighted by atomic mass is 35.5. The molecule has 0 amide bonds. The summed E-state index contributed by atoms with van der Waals surface area (Å²) in [5.74, 6) is -2.72. The van der Waals surface area contributed by atoms with E-state index in [9.17, 15) is 31.8 Å². The molecular weight excluding hydrogens is 724 g/mol. The lowest BCUT2D eigenvalue weighted by atomic mass is 10.1. The average molecular weight is 749 g/mol. The molecule has 0 saturated carbocycles. The van der Waals surface area contributed by atoms with Gasteiger partial charge in [-0.15, -0.1) is 0 Å². The van der Waals surface area contributed by atoms with Crippen LogP contribution in [0.1, 0.15) is 16.7 Å². The summed E-state index contributed by atoms with van der Waals surface area (Å²) in [6.07, 6.45) is 0.000145. The Morgan fingerprint density at radius 2 is 1.24 bits per heavy atom. The van der Waals surface area contributed by atoms with Crippen molar-refractivity contribution < 1.29 is 41.7 Å². The van der Waals surface area contributed by atoms with E-state index < -0.39 is 59.5 Å². The number of benzene rings is 4. The normalized spacial score (nSPS) is 11.9. The van der Waals surface area contributed by atoms with Crippen LogP contribution in [0.4, 0.5) is 0 Å². The van der Waals surface area contributed by atoms with Crippen LogP contribution >= 0.6 is 46.4 Å². The van der Waals surface area contributed by atoms with Crippen LogP contribution in [0.5, 0.6) is 17.2 Å². The monoisotopic (exact) mass is 747 g/mol. The van der Waals surface area contributed by atoms with Crippen LogP contribution in [-0.2, 0) is 44.2 Å². The Morgan fingerprint density at radius 3 is 1.85 bits per heavy atom. The lowest BCUT2D eigenvalue weighted by Crippen LogP contribution is -2.30. The Morgan fingerprint density at radius 1 is 0.717 bits per heavy atom. The number of rotatable bonds is 13. The second-order valence-corrected chi connectivity index (χ2v) is 15.6. The van der Waals surface area contributed by atoms with Crippen molar-refractivity contribution in [3.05, 3.63) is 110 Å². The summed E-state index contributed by atoms with van der Waals surface area (Å²) in [7, 11) is -8.50. The number of carboxylic acid groups (broad SMARTS) is 1. The van der Waals surface area contributed by atoms with Crippen LogP contribution < -0.4 is 4.74 Å². The van der Waals surface area contributed by atoms with Crippen LogP contribution in [0.15, 0.2) is 82.6 Å². The molecule has 0 aliphatic rings. The molecule has 46 heavy (non-hydrogen) atoms. The third-order valence-corrected chi connectivity index (χ3v) is 11.1. The van der Waals surface area contributed by atoms with Gasteiger partial charge in [-0.2, -0.15) is 4.31 Å². The third-order valence-electron chi connectivity index (χ3n) is 6.57. The zero-order valence-electron chi connectivity index (χ0n) is 23.5. The van der Waals surface area contributed by atoms with Gasteiger partial charge in [0.2, 0.25) is 10.0 Å². The molecule has 16 heteroatoms. The molecule has 10 nitrogen and oxygen atoms in total. The first-order valence-corrected chi connectivity index (χ1v) is 17.8.